The fourth-order valence-electron chi connectivity index (χ4n) is 3.40. The molecule has 30 heavy (non-hydrogen) atoms. The molecule has 2 aromatic carbocycles. The molecule has 164 valence electrons. The van der Waals surface area contributed by atoms with Crippen LogP contribution in [0.2, 0.25) is 0 Å². The van der Waals surface area contributed by atoms with E-state index in [1.54, 1.807) is 30.3 Å². The monoisotopic (exact) mass is 437 g/mol. The summed E-state index contributed by atoms with van der Waals surface area (Å²) in [4.78, 5) is 15.9. The fraction of sp³-hybridized carbons (Fsp3) is 0.409. The Kier molecular flexibility index (Phi) is 9.36. The number of aliphatic hydroxyl groups is 1. The van der Waals surface area contributed by atoms with Crippen molar-refractivity contribution in [1.29, 1.82) is 0 Å². The number of carbonyl (C=O) groups is 1. The Bertz CT molecular complexity index is 816. The van der Waals surface area contributed by atoms with Crippen molar-refractivity contribution in [2.75, 3.05) is 49.5 Å². The van der Waals surface area contributed by atoms with Crippen LogP contribution >= 0.6 is 12.4 Å². The van der Waals surface area contributed by atoms with Crippen LogP contribution in [-0.4, -0.2) is 55.4 Å². The zero-order valence-corrected chi connectivity index (χ0v) is 17.9. The van der Waals surface area contributed by atoms with E-state index in [4.69, 9.17) is 4.74 Å². The second-order valence-corrected chi connectivity index (χ2v) is 7.14. The van der Waals surface area contributed by atoms with Crippen molar-refractivity contribution in [3.05, 3.63) is 59.9 Å². The number of piperazine rings is 1. The highest BCUT2D eigenvalue weighted by Gasteiger charge is 2.21. The van der Waals surface area contributed by atoms with Crippen molar-refractivity contribution < 1.29 is 19.0 Å². The highest BCUT2D eigenvalue weighted by atomic mass is 35.5. The van der Waals surface area contributed by atoms with E-state index in [9.17, 15) is 14.3 Å². The third-order valence-electron chi connectivity index (χ3n) is 4.95. The van der Waals surface area contributed by atoms with E-state index in [1.807, 2.05) is 24.0 Å². The first-order valence-electron chi connectivity index (χ1n) is 10.0. The van der Waals surface area contributed by atoms with Crippen molar-refractivity contribution in [2.24, 2.45) is 0 Å². The SMILES string of the molecule is CCCOC(=O)Nc1cccc(C(O)CN2CCN(c3ccccc3F)CC2)c1.Cl. The number of anilines is 2. The normalized spacial score (nSPS) is 15.2. The number of β-amino-alcohol motifs (C(OH)–C–C–N with tert-alkyl or cyclic N) is 1. The number of nitrogens with zero attached hydrogens (tertiary/aromatic N) is 2. The zero-order valence-electron chi connectivity index (χ0n) is 17.1. The van der Waals surface area contributed by atoms with Gasteiger partial charge < -0.3 is 14.7 Å². The van der Waals surface area contributed by atoms with Crippen molar-refractivity contribution in [3.8, 4) is 0 Å². The highest BCUT2D eigenvalue weighted by molar-refractivity contribution is 5.85. The zero-order chi connectivity index (χ0) is 20.6. The summed E-state index contributed by atoms with van der Waals surface area (Å²) in [6, 6.07) is 14.0. The number of hydrogen-bond acceptors (Lipinski definition) is 5. The topological polar surface area (TPSA) is 65.0 Å². The summed E-state index contributed by atoms with van der Waals surface area (Å²) >= 11 is 0. The van der Waals surface area contributed by atoms with Gasteiger partial charge in [-0.25, -0.2) is 9.18 Å². The molecule has 3 rings (SSSR count). The van der Waals surface area contributed by atoms with Crippen LogP contribution < -0.4 is 10.2 Å². The van der Waals surface area contributed by atoms with Gasteiger partial charge in [-0.1, -0.05) is 31.2 Å². The number of ether oxygens (including phenoxy) is 1. The van der Waals surface area contributed by atoms with Crippen molar-refractivity contribution in [3.63, 3.8) is 0 Å². The first-order valence-corrected chi connectivity index (χ1v) is 10.0. The van der Waals surface area contributed by atoms with Gasteiger partial charge in [0.15, 0.2) is 0 Å². The largest absolute Gasteiger partial charge is 0.449 e. The molecule has 1 aliphatic rings. The molecule has 0 saturated carbocycles. The van der Waals surface area contributed by atoms with Gasteiger partial charge >= 0.3 is 6.09 Å². The summed E-state index contributed by atoms with van der Waals surface area (Å²) < 4.78 is 19.0. The van der Waals surface area contributed by atoms with Crippen LogP contribution in [0, 0.1) is 5.82 Å². The molecule has 1 aliphatic heterocycles. The van der Waals surface area contributed by atoms with E-state index in [2.05, 4.69) is 10.2 Å². The number of amides is 1. The third kappa shape index (κ3) is 6.58. The summed E-state index contributed by atoms with van der Waals surface area (Å²) in [7, 11) is 0. The first kappa shape index (κ1) is 23.9. The van der Waals surface area contributed by atoms with Crippen molar-refractivity contribution in [2.45, 2.75) is 19.4 Å². The molecule has 0 bridgehead atoms. The van der Waals surface area contributed by atoms with Crippen LogP contribution in [0.25, 0.3) is 0 Å². The molecule has 1 heterocycles. The number of nitrogens with one attached hydrogen (secondary N) is 1. The van der Waals surface area contributed by atoms with Gasteiger partial charge in [-0.15, -0.1) is 12.4 Å². The standard InChI is InChI=1S/C22H28FN3O3.ClH/c1-2-14-29-22(28)24-18-7-5-6-17(15-18)21(27)16-25-10-12-26(13-11-25)20-9-4-3-8-19(20)23;/h3-9,15,21,27H,2,10-14,16H2,1H3,(H,24,28);1H. The Morgan fingerprint density at radius 3 is 2.60 bits per heavy atom. The van der Waals surface area contributed by atoms with Gasteiger partial charge in [0.1, 0.15) is 5.82 Å². The maximum Gasteiger partial charge on any atom is 0.411 e. The summed E-state index contributed by atoms with van der Waals surface area (Å²) in [6.45, 7) is 5.68. The Hall–Kier alpha value is -2.35. The number of aliphatic hydroxyl groups excluding tert-OH is 1. The number of benzene rings is 2. The van der Waals surface area contributed by atoms with Crippen LogP contribution in [0.5, 0.6) is 0 Å². The Labute approximate surface area is 183 Å². The quantitative estimate of drug-likeness (QED) is 0.683. The van der Waals surface area contributed by atoms with Crippen LogP contribution in [0.4, 0.5) is 20.6 Å². The fourth-order valence-corrected chi connectivity index (χ4v) is 3.40. The Morgan fingerprint density at radius 1 is 1.17 bits per heavy atom. The first-order chi connectivity index (χ1) is 14.1. The molecule has 2 aromatic rings. The molecule has 0 radical (unpaired) electrons. The van der Waals surface area contributed by atoms with E-state index >= 15 is 0 Å². The molecule has 0 aliphatic carbocycles. The summed E-state index contributed by atoms with van der Waals surface area (Å²) in [5.74, 6) is -0.206. The highest BCUT2D eigenvalue weighted by Crippen LogP contribution is 2.22. The molecule has 0 aromatic heterocycles. The number of halogens is 2. The Balaban J connectivity index is 0.00000320. The molecular weight excluding hydrogens is 409 g/mol. The summed E-state index contributed by atoms with van der Waals surface area (Å²) in [6.07, 6.45) is -0.415. The minimum Gasteiger partial charge on any atom is -0.449 e. The lowest BCUT2D eigenvalue weighted by Gasteiger charge is -2.37. The molecule has 1 atom stereocenters. The average Bonchev–Trinajstić information content (AvgIpc) is 2.73. The van der Waals surface area contributed by atoms with Crippen molar-refractivity contribution in [1.82, 2.24) is 4.90 Å². The smallest absolute Gasteiger partial charge is 0.411 e. The van der Waals surface area contributed by atoms with Gasteiger partial charge in [0.2, 0.25) is 0 Å². The maximum atomic E-state index is 14.0. The van der Waals surface area contributed by atoms with Crippen LogP contribution in [0.3, 0.4) is 0 Å². The van der Waals surface area contributed by atoms with Gasteiger partial charge in [0.25, 0.3) is 0 Å². The lowest BCUT2D eigenvalue weighted by atomic mass is 10.1. The molecule has 1 amide bonds. The van der Waals surface area contributed by atoms with Gasteiger partial charge in [-0.3, -0.25) is 10.2 Å². The van der Waals surface area contributed by atoms with E-state index in [0.717, 1.165) is 25.1 Å². The number of carbonyl (C=O) groups excluding carboxylic acids is 1. The number of para-hydroxylation sites is 1. The lowest BCUT2D eigenvalue weighted by molar-refractivity contribution is 0.109. The van der Waals surface area contributed by atoms with E-state index in [0.29, 0.717) is 37.6 Å². The predicted molar refractivity (Wildman–Crippen MR) is 119 cm³/mol. The minimum atomic E-state index is -0.677. The molecule has 6 nitrogen and oxygen atoms in total. The van der Waals surface area contributed by atoms with Gasteiger partial charge in [-0.05, 0) is 36.2 Å². The summed E-state index contributed by atoms with van der Waals surface area (Å²) in [5.41, 5.74) is 1.95. The average molecular weight is 438 g/mol. The molecule has 0 spiro atoms. The minimum absolute atomic E-state index is 0. The van der Waals surface area contributed by atoms with E-state index < -0.39 is 12.2 Å². The molecule has 1 saturated heterocycles. The van der Waals surface area contributed by atoms with Crippen LogP contribution in [0.15, 0.2) is 48.5 Å². The maximum absolute atomic E-state index is 14.0. The van der Waals surface area contributed by atoms with E-state index in [1.165, 1.54) is 6.07 Å². The molecule has 1 unspecified atom stereocenters. The number of rotatable bonds is 7. The Morgan fingerprint density at radius 2 is 1.90 bits per heavy atom. The van der Waals surface area contributed by atoms with Crippen molar-refractivity contribution >= 4 is 29.9 Å². The van der Waals surface area contributed by atoms with Gasteiger partial charge in [0, 0.05) is 38.4 Å². The predicted octanol–water partition coefficient (Wildman–Crippen LogP) is 4.06. The molecular formula is C22H29ClFN3O3. The van der Waals surface area contributed by atoms with Crippen LogP contribution in [0.1, 0.15) is 25.0 Å². The molecule has 8 heteroatoms. The molecule has 1 fully saturated rings. The van der Waals surface area contributed by atoms with Gasteiger partial charge in [0.05, 0.1) is 18.4 Å². The molecule has 2 N–H and O–H groups in total. The van der Waals surface area contributed by atoms with E-state index in [-0.39, 0.29) is 18.2 Å². The lowest BCUT2D eigenvalue weighted by Crippen LogP contribution is -2.47. The summed E-state index contributed by atoms with van der Waals surface area (Å²) in [5, 5.41) is 13.3. The van der Waals surface area contributed by atoms with Crippen LogP contribution in [-0.2, 0) is 4.74 Å². The second kappa shape index (κ2) is 11.7. The number of hydrogen-bond donors (Lipinski definition) is 2. The van der Waals surface area contributed by atoms with Gasteiger partial charge in [-0.2, -0.15) is 0 Å². The third-order valence-corrected chi connectivity index (χ3v) is 4.95. The second-order valence-electron chi connectivity index (χ2n) is 7.14.